The summed E-state index contributed by atoms with van der Waals surface area (Å²) in [5, 5.41) is 17.2. The molecule has 0 saturated carbocycles. The molecule has 11 nitrogen and oxygen atoms in total. The Kier molecular flexibility index (Phi) is 5.72. The maximum Gasteiger partial charge on any atom is 0.339 e. The number of carboxylic acid groups (broad SMARTS) is 1. The molecule has 0 spiro atoms. The lowest BCUT2D eigenvalue weighted by molar-refractivity contribution is 0.0691. The van der Waals surface area contributed by atoms with Crippen molar-refractivity contribution >= 4 is 55.7 Å². The molecule has 3 N–H and O–H groups in total. The molecule has 1 amide bonds. The smallest absolute Gasteiger partial charge is 0.339 e. The number of aromatic carboxylic acids is 1. The number of fused-ring (bicyclic) bond motifs is 1. The largest absolute Gasteiger partial charge is 0.478 e. The molecule has 3 heterocycles. The van der Waals surface area contributed by atoms with Crippen LogP contribution in [0.25, 0.3) is 0 Å². The number of aryl methyl sites for hydroxylation is 1. The van der Waals surface area contributed by atoms with Gasteiger partial charge in [0.05, 0.1) is 5.56 Å². The Bertz CT molecular complexity index is 1410. The van der Waals surface area contributed by atoms with Crippen molar-refractivity contribution in [3.63, 3.8) is 0 Å². The summed E-state index contributed by atoms with van der Waals surface area (Å²) >= 11 is 6.95. The van der Waals surface area contributed by atoms with E-state index in [2.05, 4.69) is 15.2 Å². The Hall–Kier alpha value is -3.29. The molecule has 0 saturated heterocycles. The number of thiophene rings is 1. The second kappa shape index (κ2) is 8.24. The van der Waals surface area contributed by atoms with Crippen LogP contribution in [0, 0.1) is 20.8 Å². The summed E-state index contributed by atoms with van der Waals surface area (Å²) in [7, 11) is -4.20. The van der Waals surface area contributed by atoms with Gasteiger partial charge in [0, 0.05) is 5.56 Å². The first-order valence-corrected chi connectivity index (χ1v) is 12.0. The maximum absolute atomic E-state index is 13.2. The van der Waals surface area contributed by atoms with Crippen molar-refractivity contribution in [2.75, 3.05) is 16.8 Å². The molecule has 0 unspecified atom stereocenters. The van der Waals surface area contributed by atoms with Gasteiger partial charge in [0.2, 0.25) is 6.79 Å². The van der Waals surface area contributed by atoms with Crippen molar-refractivity contribution in [1.29, 1.82) is 0 Å². The third kappa shape index (κ3) is 3.87. The lowest BCUT2D eigenvalue weighted by Gasteiger charge is -2.15. The minimum absolute atomic E-state index is 0.00667. The summed E-state index contributed by atoms with van der Waals surface area (Å²) in [6.45, 7) is 4.42. The number of ether oxygens (including phenoxy) is 2. The van der Waals surface area contributed by atoms with Crippen LogP contribution in [0.15, 0.2) is 20.9 Å². The highest BCUT2D eigenvalue weighted by Crippen LogP contribution is 2.43. The minimum Gasteiger partial charge on any atom is -0.478 e. The van der Waals surface area contributed by atoms with E-state index in [0.29, 0.717) is 11.3 Å². The van der Waals surface area contributed by atoms with Gasteiger partial charge in [-0.05, 0) is 37.8 Å². The molecule has 0 bridgehead atoms. The zero-order valence-electron chi connectivity index (χ0n) is 17.3. The maximum atomic E-state index is 13.2. The Labute approximate surface area is 196 Å². The number of benzene rings is 1. The van der Waals surface area contributed by atoms with Crippen LogP contribution < -0.4 is 19.5 Å². The van der Waals surface area contributed by atoms with Gasteiger partial charge >= 0.3 is 5.97 Å². The van der Waals surface area contributed by atoms with E-state index in [4.69, 9.17) is 25.6 Å². The number of hydrogen-bond acceptors (Lipinski definition) is 9. The number of rotatable bonds is 6. The van der Waals surface area contributed by atoms with Crippen molar-refractivity contribution in [1.82, 2.24) is 5.16 Å². The second-order valence-corrected chi connectivity index (χ2v) is 9.90. The van der Waals surface area contributed by atoms with Gasteiger partial charge in [-0.25, -0.2) is 17.9 Å². The molecule has 33 heavy (non-hydrogen) atoms. The highest BCUT2D eigenvalue weighted by Gasteiger charge is 2.33. The van der Waals surface area contributed by atoms with Crippen LogP contribution >= 0.6 is 22.9 Å². The lowest BCUT2D eigenvalue weighted by atomic mass is 9.95. The topological polar surface area (TPSA) is 157 Å². The molecule has 4 rings (SSSR count). The third-order valence-electron chi connectivity index (χ3n) is 4.91. The number of aromatic nitrogens is 1. The van der Waals surface area contributed by atoms with Crippen LogP contribution in [0.1, 0.15) is 37.5 Å². The molecule has 1 aliphatic heterocycles. The normalized spacial score (nSPS) is 12.6. The molecule has 1 aliphatic rings. The van der Waals surface area contributed by atoms with Gasteiger partial charge in [-0.2, -0.15) is 0 Å². The van der Waals surface area contributed by atoms with Crippen molar-refractivity contribution in [2.24, 2.45) is 0 Å². The Balaban J connectivity index is 1.70. The summed E-state index contributed by atoms with van der Waals surface area (Å²) < 4.78 is 43.5. The fourth-order valence-electron chi connectivity index (χ4n) is 3.40. The molecule has 174 valence electrons. The Morgan fingerprint density at radius 2 is 1.85 bits per heavy atom. The number of hydrogen-bond donors (Lipinski definition) is 3. The fraction of sp³-hybridized carbons (Fsp3) is 0.211. The van der Waals surface area contributed by atoms with Crippen LogP contribution in [-0.2, 0) is 10.0 Å². The monoisotopic (exact) mass is 513 g/mol. The highest BCUT2D eigenvalue weighted by molar-refractivity contribution is 7.93. The van der Waals surface area contributed by atoms with E-state index in [1.54, 1.807) is 13.8 Å². The van der Waals surface area contributed by atoms with E-state index in [1.807, 2.05) is 0 Å². The standard InChI is InChI=1S/C19H16ClN3O8S2/c1-7-11(8(2)14-15(30-6-29-14)12(7)19(25)26)16(24)21-18-10(4-5-32-18)33(27,28)23-17-13(20)9(3)22-31-17/h4-5,23H,6H2,1-3H3,(H,21,24)(H,25,26). The van der Waals surface area contributed by atoms with Gasteiger partial charge < -0.3 is 24.4 Å². The molecule has 3 aromatic rings. The molecular weight excluding hydrogens is 498 g/mol. The first-order valence-electron chi connectivity index (χ1n) is 9.22. The van der Waals surface area contributed by atoms with Crippen molar-refractivity contribution in [3.8, 4) is 11.5 Å². The van der Waals surface area contributed by atoms with Gasteiger partial charge in [-0.1, -0.05) is 16.8 Å². The number of halogens is 1. The average molecular weight is 514 g/mol. The minimum atomic E-state index is -4.20. The van der Waals surface area contributed by atoms with Gasteiger partial charge in [0.1, 0.15) is 26.2 Å². The number of nitrogens with one attached hydrogen (secondary N) is 2. The number of carboxylic acids is 1. The Morgan fingerprint density at radius 3 is 2.48 bits per heavy atom. The summed E-state index contributed by atoms with van der Waals surface area (Å²) in [6, 6.07) is 1.29. The molecule has 0 fully saturated rings. The first-order chi connectivity index (χ1) is 15.5. The number of anilines is 2. The predicted molar refractivity (Wildman–Crippen MR) is 118 cm³/mol. The van der Waals surface area contributed by atoms with Crippen LogP contribution in [0.2, 0.25) is 5.02 Å². The van der Waals surface area contributed by atoms with Gasteiger partial charge in [-0.15, -0.1) is 11.3 Å². The van der Waals surface area contributed by atoms with E-state index >= 15 is 0 Å². The van der Waals surface area contributed by atoms with E-state index < -0.39 is 21.9 Å². The van der Waals surface area contributed by atoms with Crippen LogP contribution in [0.5, 0.6) is 11.5 Å². The predicted octanol–water partition coefficient (Wildman–Crippen LogP) is 3.79. The quantitative estimate of drug-likeness (QED) is 0.446. The zero-order valence-corrected chi connectivity index (χ0v) is 19.7. The second-order valence-electron chi connectivity index (χ2n) is 6.95. The zero-order chi connectivity index (χ0) is 24.1. The van der Waals surface area contributed by atoms with Crippen LogP contribution in [0.3, 0.4) is 0 Å². The van der Waals surface area contributed by atoms with Gasteiger partial charge in [0.25, 0.3) is 21.8 Å². The molecule has 2 aromatic heterocycles. The number of carbonyl (C=O) groups excluding carboxylic acids is 1. The number of amides is 1. The molecule has 1 aromatic carbocycles. The molecule has 0 radical (unpaired) electrons. The summed E-state index contributed by atoms with van der Waals surface area (Å²) in [4.78, 5) is 24.7. The molecular formula is C19H16ClN3O8S2. The summed E-state index contributed by atoms with van der Waals surface area (Å²) in [5.41, 5.74) is 0.663. The van der Waals surface area contributed by atoms with Crippen molar-refractivity contribution in [3.05, 3.63) is 44.4 Å². The van der Waals surface area contributed by atoms with Crippen molar-refractivity contribution < 1.29 is 37.1 Å². The molecule has 0 atom stereocenters. The molecule has 0 aliphatic carbocycles. The summed E-state index contributed by atoms with van der Waals surface area (Å²) in [5.74, 6) is -2.05. The number of nitrogens with zero attached hydrogens (tertiary/aromatic N) is 1. The van der Waals surface area contributed by atoms with Crippen LogP contribution in [-0.4, -0.2) is 37.4 Å². The van der Waals surface area contributed by atoms with E-state index in [-0.39, 0.29) is 55.8 Å². The number of sulfonamides is 1. The first kappa shape index (κ1) is 22.9. The van der Waals surface area contributed by atoms with Crippen molar-refractivity contribution in [2.45, 2.75) is 25.7 Å². The SMILES string of the molecule is Cc1noc(NS(=O)(=O)c2ccsc2NC(=O)c2c(C)c3c(c(C(=O)O)c2C)OCO3)c1Cl. The van der Waals surface area contributed by atoms with Gasteiger partial charge in [-0.3, -0.25) is 4.79 Å². The summed E-state index contributed by atoms with van der Waals surface area (Å²) in [6.07, 6.45) is 0. The van der Waals surface area contributed by atoms with Gasteiger partial charge in [0.15, 0.2) is 11.5 Å². The fourth-order valence-corrected chi connectivity index (χ4v) is 5.84. The van der Waals surface area contributed by atoms with Crippen LogP contribution in [0.4, 0.5) is 10.9 Å². The van der Waals surface area contributed by atoms with E-state index in [1.165, 1.54) is 18.4 Å². The Morgan fingerprint density at radius 1 is 1.15 bits per heavy atom. The number of carbonyl (C=O) groups is 2. The third-order valence-corrected chi connectivity index (χ3v) is 7.69. The lowest BCUT2D eigenvalue weighted by Crippen LogP contribution is -2.19. The van der Waals surface area contributed by atoms with E-state index in [0.717, 1.165) is 11.3 Å². The van der Waals surface area contributed by atoms with E-state index in [9.17, 15) is 23.1 Å². The molecule has 14 heteroatoms. The highest BCUT2D eigenvalue weighted by atomic mass is 35.5. The average Bonchev–Trinajstić information content (AvgIpc) is 3.45.